The predicted molar refractivity (Wildman–Crippen MR) is 53.2 cm³/mol. The van der Waals surface area contributed by atoms with E-state index < -0.39 is 10.2 Å². The third kappa shape index (κ3) is 2.89. The Morgan fingerprint density at radius 2 is 2.21 bits per heavy atom. The number of ether oxygens (including phenoxy) is 1. The van der Waals surface area contributed by atoms with Crippen molar-refractivity contribution >= 4 is 10.2 Å². The Bertz CT molecular complexity index is 263. The number of hydrogen-bond acceptors (Lipinski definition) is 4. The SMILES string of the molecule is COCCNS(=O)(=O)N(C)C1CNC1. The molecular formula is C7H17N3O3S. The van der Waals surface area contributed by atoms with Crippen LogP contribution in [0.2, 0.25) is 0 Å². The van der Waals surface area contributed by atoms with E-state index in [1.54, 1.807) is 7.05 Å². The minimum atomic E-state index is -3.33. The maximum Gasteiger partial charge on any atom is 0.279 e. The lowest BCUT2D eigenvalue weighted by Crippen LogP contribution is -2.59. The summed E-state index contributed by atoms with van der Waals surface area (Å²) in [5, 5.41) is 3.02. The van der Waals surface area contributed by atoms with Crippen LogP contribution in [0.5, 0.6) is 0 Å². The van der Waals surface area contributed by atoms with Crippen LogP contribution in [0.15, 0.2) is 0 Å². The molecule has 1 rings (SSSR count). The lowest BCUT2D eigenvalue weighted by Gasteiger charge is -2.34. The van der Waals surface area contributed by atoms with Crippen LogP contribution in [0.4, 0.5) is 0 Å². The minimum absolute atomic E-state index is 0.0787. The zero-order valence-electron chi connectivity index (χ0n) is 8.49. The van der Waals surface area contributed by atoms with E-state index in [2.05, 4.69) is 10.0 Å². The summed E-state index contributed by atoms with van der Waals surface area (Å²) in [6, 6.07) is 0.0787. The summed E-state index contributed by atoms with van der Waals surface area (Å²) >= 11 is 0. The highest BCUT2D eigenvalue weighted by Gasteiger charge is 2.29. The molecule has 0 aromatic heterocycles. The van der Waals surface area contributed by atoms with Gasteiger partial charge in [0.1, 0.15) is 0 Å². The maximum absolute atomic E-state index is 11.6. The lowest BCUT2D eigenvalue weighted by molar-refractivity contribution is 0.202. The third-order valence-corrected chi connectivity index (χ3v) is 3.87. The summed E-state index contributed by atoms with van der Waals surface area (Å²) < 4.78 is 31.7. The number of rotatable bonds is 6. The van der Waals surface area contributed by atoms with Crippen molar-refractivity contribution in [1.82, 2.24) is 14.3 Å². The number of hydrogen-bond donors (Lipinski definition) is 2. The molecule has 7 heteroatoms. The fourth-order valence-corrected chi connectivity index (χ4v) is 2.19. The molecule has 0 amide bonds. The van der Waals surface area contributed by atoms with Crippen LogP contribution >= 0.6 is 0 Å². The van der Waals surface area contributed by atoms with Crippen molar-refractivity contribution < 1.29 is 13.2 Å². The van der Waals surface area contributed by atoms with E-state index in [0.29, 0.717) is 13.2 Å². The molecule has 0 aliphatic carbocycles. The summed E-state index contributed by atoms with van der Waals surface area (Å²) in [4.78, 5) is 0. The highest BCUT2D eigenvalue weighted by molar-refractivity contribution is 7.87. The van der Waals surface area contributed by atoms with Crippen molar-refractivity contribution in [1.29, 1.82) is 0 Å². The summed E-state index contributed by atoms with van der Waals surface area (Å²) in [6.07, 6.45) is 0. The van der Waals surface area contributed by atoms with Crippen molar-refractivity contribution in [2.75, 3.05) is 40.4 Å². The van der Waals surface area contributed by atoms with E-state index in [4.69, 9.17) is 4.74 Å². The smallest absolute Gasteiger partial charge is 0.279 e. The Kier molecular flexibility index (Phi) is 4.27. The molecule has 0 atom stereocenters. The second kappa shape index (κ2) is 5.04. The van der Waals surface area contributed by atoms with Gasteiger partial charge in [0, 0.05) is 33.8 Å². The molecule has 1 aliphatic heterocycles. The number of nitrogens with zero attached hydrogens (tertiary/aromatic N) is 1. The van der Waals surface area contributed by atoms with Gasteiger partial charge in [-0.3, -0.25) is 0 Å². The molecule has 0 bridgehead atoms. The molecule has 2 N–H and O–H groups in total. The first-order valence-electron chi connectivity index (χ1n) is 4.50. The molecular weight excluding hydrogens is 206 g/mol. The van der Waals surface area contributed by atoms with Crippen LogP contribution < -0.4 is 10.0 Å². The van der Waals surface area contributed by atoms with E-state index in [9.17, 15) is 8.42 Å². The molecule has 1 saturated heterocycles. The van der Waals surface area contributed by atoms with Crippen molar-refractivity contribution in [3.63, 3.8) is 0 Å². The van der Waals surface area contributed by atoms with Gasteiger partial charge in [-0.15, -0.1) is 0 Å². The normalized spacial score (nSPS) is 18.5. The molecule has 1 aliphatic rings. The molecule has 14 heavy (non-hydrogen) atoms. The van der Waals surface area contributed by atoms with Gasteiger partial charge in [-0.1, -0.05) is 0 Å². The van der Waals surface area contributed by atoms with Crippen molar-refractivity contribution in [2.24, 2.45) is 0 Å². The van der Waals surface area contributed by atoms with Crippen molar-refractivity contribution in [2.45, 2.75) is 6.04 Å². The van der Waals surface area contributed by atoms with Gasteiger partial charge in [0.15, 0.2) is 0 Å². The van der Waals surface area contributed by atoms with Gasteiger partial charge in [-0.25, -0.2) is 0 Å². The van der Waals surface area contributed by atoms with Gasteiger partial charge in [0.2, 0.25) is 0 Å². The fourth-order valence-electron chi connectivity index (χ4n) is 1.10. The summed E-state index contributed by atoms with van der Waals surface area (Å²) in [5.74, 6) is 0. The molecule has 0 aromatic rings. The molecule has 6 nitrogen and oxygen atoms in total. The lowest BCUT2D eigenvalue weighted by atomic mass is 10.2. The number of methoxy groups -OCH3 is 1. The van der Waals surface area contributed by atoms with E-state index in [1.807, 2.05) is 0 Å². The Morgan fingerprint density at radius 3 is 2.64 bits per heavy atom. The standard InChI is InChI=1S/C7H17N3O3S/c1-10(7-5-8-6-7)14(11,12)9-3-4-13-2/h7-9H,3-6H2,1-2H3. The van der Waals surface area contributed by atoms with Gasteiger partial charge in [0.05, 0.1) is 12.6 Å². The monoisotopic (exact) mass is 223 g/mol. The van der Waals surface area contributed by atoms with Gasteiger partial charge in [-0.2, -0.15) is 17.4 Å². The summed E-state index contributed by atoms with van der Waals surface area (Å²) in [7, 11) is -0.210. The second-order valence-electron chi connectivity index (χ2n) is 3.22. The van der Waals surface area contributed by atoms with Crippen LogP contribution in [0.25, 0.3) is 0 Å². The topological polar surface area (TPSA) is 70.7 Å². The minimum Gasteiger partial charge on any atom is -0.383 e. The highest BCUT2D eigenvalue weighted by atomic mass is 32.2. The quantitative estimate of drug-likeness (QED) is 0.530. The molecule has 84 valence electrons. The maximum atomic E-state index is 11.6. The Balaban J connectivity index is 2.38. The molecule has 1 heterocycles. The van der Waals surface area contributed by atoms with Gasteiger partial charge in [-0.05, 0) is 0 Å². The average molecular weight is 223 g/mol. The zero-order valence-corrected chi connectivity index (χ0v) is 9.30. The van der Waals surface area contributed by atoms with E-state index in [0.717, 1.165) is 13.1 Å². The van der Waals surface area contributed by atoms with E-state index >= 15 is 0 Å². The van der Waals surface area contributed by atoms with Crippen LogP contribution in [0.3, 0.4) is 0 Å². The van der Waals surface area contributed by atoms with E-state index in [-0.39, 0.29) is 6.04 Å². The van der Waals surface area contributed by atoms with Gasteiger partial charge in [0.25, 0.3) is 10.2 Å². The molecule has 0 radical (unpaired) electrons. The number of nitrogens with one attached hydrogen (secondary N) is 2. The first kappa shape index (κ1) is 11.9. The van der Waals surface area contributed by atoms with Gasteiger partial charge < -0.3 is 10.1 Å². The molecule has 0 spiro atoms. The van der Waals surface area contributed by atoms with Crippen molar-refractivity contribution in [3.05, 3.63) is 0 Å². The average Bonchev–Trinajstić information content (AvgIpc) is 2.01. The van der Waals surface area contributed by atoms with Crippen LogP contribution in [0.1, 0.15) is 0 Å². The van der Waals surface area contributed by atoms with Crippen molar-refractivity contribution in [3.8, 4) is 0 Å². The Hall–Kier alpha value is -0.210. The second-order valence-corrected chi connectivity index (χ2v) is 5.04. The molecule has 0 unspecified atom stereocenters. The Morgan fingerprint density at radius 1 is 1.57 bits per heavy atom. The first-order chi connectivity index (χ1) is 6.58. The fraction of sp³-hybridized carbons (Fsp3) is 1.00. The first-order valence-corrected chi connectivity index (χ1v) is 5.94. The number of likely N-dealkylation sites (N-methyl/N-ethyl adjacent to an activating group) is 1. The van der Waals surface area contributed by atoms with Crippen LogP contribution in [0, 0.1) is 0 Å². The Labute approximate surface area is 84.8 Å². The molecule has 0 aromatic carbocycles. The highest BCUT2D eigenvalue weighted by Crippen LogP contribution is 2.05. The van der Waals surface area contributed by atoms with E-state index in [1.165, 1.54) is 11.4 Å². The summed E-state index contributed by atoms with van der Waals surface area (Å²) in [5.41, 5.74) is 0. The largest absolute Gasteiger partial charge is 0.383 e. The van der Waals surface area contributed by atoms with Crippen LogP contribution in [-0.4, -0.2) is 59.2 Å². The predicted octanol–water partition coefficient (Wildman–Crippen LogP) is -1.63. The summed E-state index contributed by atoms with van der Waals surface area (Å²) in [6.45, 7) is 2.14. The molecule has 1 fully saturated rings. The third-order valence-electron chi connectivity index (χ3n) is 2.24. The molecule has 0 saturated carbocycles. The van der Waals surface area contributed by atoms with Crippen LogP contribution in [-0.2, 0) is 14.9 Å². The van der Waals surface area contributed by atoms with Gasteiger partial charge >= 0.3 is 0 Å². The zero-order chi connectivity index (χ0) is 10.6.